The van der Waals surface area contributed by atoms with Crippen LogP contribution < -0.4 is 0 Å². The summed E-state index contributed by atoms with van der Waals surface area (Å²) in [6.07, 6.45) is 5.28. The van der Waals surface area contributed by atoms with E-state index in [4.69, 9.17) is 13.6 Å². The smallest absolute Gasteiger partial charge is 0.227 e. The fourth-order valence-corrected chi connectivity index (χ4v) is 2.77. The Morgan fingerprint density at radius 1 is 1.17 bits per heavy atom. The first-order chi connectivity index (χ1) is 5.68. The summed E-state index contributed by atoms with van der Waals surface area (Å²) in [7, 11) is -2.94. The molecule has 0 spiro atoms. The average Bonchev–Trinajstić information content (AvgIpc) is 1.92. The highest BCUT2D eigenvalue weighted by atomic mass is 31.2. The molecule has 70 valence electrons. The Bertz CT molecular complexity index is 201. The van der Waals surface area contributed by atoms with Crippen molar-refractivity contribution in [3.63, 3.8) is 0 Å². The van der Waals surface area contributed by atoms with E-state index in [-0.39, 0.29) is 0 Å². The summed E-state index contributed by atoms with van der Waals surface area (Å²) in [6, 6.07) is 0. The largest absolute Gasteiger partial charge is 0.488 e. The zero-order valence-corrected chi connectivity index (χ0v) is 8.01. The molecule has 3 heterocycles. The second-order valence-corrected chi connectivity index (χ2v) is 4.66. The molecule has 0 aromatic heterocycles. The number of unbranched alkanes of at least 4 members (excludes halogenated alkanes) is 3. The second-order valence-electron chi connectivity index (χ2n) is 3.21. The maximum Gasteiger partial charge on any atom is 0.488 e. The van der Waals surface area contributed by atoms with E-state index in [1.165, 1.54) is 12.8 Å². The zero-order chi connectivity index (χ0) is 8.66. The van der Waals surface area contributed by atoms with Crippen LogP contribution in [0, 0.1) is 0 Å². The van der Waals surface area contributed by atoms with E-state index < -0.39 is 13.8 Å². The third-order valence-electron chi connectivity index (χ3n) is 2.09. The maximum absolute atomic E-state index is 10.8. The van der Waals surface area contributed by atoms with Gasteiger partial charge in [-0.1, -0.05) is 26.2 Å². The van der Waals surface area contributed by atoms with Gasteiger partial charge in [-0.2, -0.15) is 0 Å². The van der Waals surface area contributed by atoms with Gasteiger partial charge in [-0.15, -0.1) is 0 Å². The average molecular weight is 192 g/mol. The van der Waals surface area contributed by atoms with Crippen LogP contribution in [0.2, 0.25) is 0 Å². The van der Waals surface area contributed by atoms with Crippen LogP contribution in [-0.2, 0) is 18.1 Å². The standard InChI is InChI=1S/C7H13O4P/c1-2-3-4-5-6-7-9-12(8,10-7)11-7/h2-6H2,1H3. The Morgan fingerprint density at radius 3 is 2.33 bits per heavy atom. The summed E-state index contributed by atoms with van der Waals surface area (Å²) in [6.45, 7) is 2.16. The summed E-state index contributed by atoms with van der Waals surface area (Å²) in [5.74, 6) is -0.886. The molecule has 0 aromatic carbocycles. The van der Waals surface area contributed by atoms with Gasteiger partial charge < -0.3 is 0 Å². The fraction of sp³-hybridized carbons (Fsp3) is 1.00. The third-order valence-corrected chi connectivity index (χ3v) is 3.59. The summed E-state index contributed by atoms with van der Waals surface area (Å²) in [5.41, 5.74) is 0. The molecule has 0 aliphatic carbocycles. The maximum atomic E-state index is 10.8. The predicted octanol–water partition coefficient (Wildman–Crippen LogP) is 2.80. The minimum absolute atomic E-state index is 0.705. The number of phosphoric ester groups is 1. The molecule has 0 amide bonds. The first-order valence-corrected chi connectivity index (χ1v) is 5.86. The molecule has 0 unspecified atom stereocenters. The highest BCUT2D eigenvalue weighted by Crippen LogP contribution is 2.81. The molecule has 2 bridgehead atoms. The van der Waals surface area contributed by atoms with Crippen LogP contribution in [0.5, 0.6) is 0 Å². The van der Waals surface area contributed by atoms with Gasteiger partial charge in [0.2, 0.25) is 0 Å². The zero-order valence-electron chi connectivity index (χ0n) is 7.12. The molecule has 0 saturated carbocycles. The highest BCUT2D eigenvalue weighted by Gasteiger charge is 2.74. The predicted molar refractivity (Wildman–Crippen MR) is 42.4 cm³/mol. The van der Waals surface area contributed by atoms with Gasteiger partial charge in [-0.25, -0.2) is 18.1 Å². The number of hydrogen-bond acceptors (Lipinski definition) is 4. The lowest BCUT2D eigenvalue weighted by Crippen LogP contribution is -2.56. The lowest BCUT2D eigenvalue weighted by molar-refractivity contribution is -0.430. The van der Waals surface area contributed by atoms with Crippen LogP contribution in [0.3, 0.4) is 0 Å². The molecule has 0 atom stereocenters. The van der Waals surface area contributed by atoms with Crippen LogP contribution in [0.1, 0.15) is 39.0 Å². The highest BCUT2D eigenvalue weighted by molar-refractivity contribution is 7.51. The summed E-state index contributed by atoms with van der Waals surface area (Å²) >= 11 is 0. The molecule has 3 saturated heterocycles. The minimum Gasteiger partial charge on any atom is -0.227 e. The van der Waals surface area contributed by atoms with E-state index in [9.17, 15) is 4.57 Å². The van der Waals surface area contributed by atoms with E-state index in [2.05, 4.69) is 6.92 Å². The quantitative estimate of drug-likeness (QED) is 0.496. The van der Waals surface area contributed by atoms with Crippen LogP contribution in [-0.4, -0.2) is 5.97 Å². The number of phosphoric acid groups is 1. The van der Waals surface area contributed by atoms with Gasteiger partial charge in [0.25, 0.3) is 0 Å². The Kier molecular flexibility index (Phi) is 2.04. The van der Waals surface area contributed by atoms with Crippen molar-refractivity contribution in [3.05, 3.63) is 0 Å². The third kappa shape index (κ3) is 1.33. The van der Waals surface area contributed by atoms with Crippen molar-refractivity contribution >= 4 is 7.82 Å². The molecule has 3 aliphatic heterocycles. The van der Waals surface area contributed by atoms with Crippen LogP contribution in [0.25, 0.3) is 0 Å². The van der Waals surface area contributed by atoms with Crippen molar-refractivity contribution in [2.24, 2.45) is 0 Å². The van der Waals surface area contributed by atoms with Crippen molar-refractivity contribution < 1.29 is 18.1 Å². The molecule has 0 radical (unpaired) electrons. The molecule has 0 N–H and O–H groups in total. The monoisotopic (exact) mass is 192 g/mol. The topological polar surface area (TPSA) is 44.8 Å². The second kappa shape index (κ2) is 2.81. The van der Waals surface area contributed by atoms with E-state index in [1.54, 1.807) is 0 Å². The Balaban J connectivity index is 1.60. The summed E-state index contributed by atoms with van der Waals surface area (Å²) in [4.78, 5) is 0. The van der Waals surface area contributed by atoms with Crippen molar-refractivity contribution in [1.29, 1.82) is 0 Å². The van der Waals surface area contributed by atoms with E-state index >= 15 is 0 Å². The van der Waals surface area contributed by atoms with Gasteiger partial charge in [0.05, 0.1) is 0 Å². The van der Waals surface area contributed by atoms with Crippen molar-refractivity contribution in [3.8, 4) is 0 Å². The molecular weight excluding hydrogens is 179 g/mol. The van der Waals surface area contributed by atoms with Gasteiger partial charge in [-0.3, -0.25) is 0 Å². The lowest BCUT2D eigenvalue weighted by Gasteiger charge is -2.55. The normalized spacial score (nSPS) is 43.4. The van der Waals surface area contributed by atoms with E-state index in [0.29, 0.717) is 6.42 Å². The molecule has 3 rings (SSSR count). The van der Waals surface area contributed by atoms with Crippen LogP contribution in [0.4, 0.5) is 0 Å². The molecule has 3 aliphatic rings. The van der Waals surface area contributed by atoms with Crippen molar-refractivity contribution in [2.45, 2.75) is 45.0 Å². The van der Waals surface area contributed by atoms with E-state index in [1.807, 2.05) is 0 Å². The molecule has 5 heteroatoms. The number of rotatable bonds is 5. The summed E-state index contributed by atoms with van der Waals surface area (Å²) < 4.78 is 25.4. The molecule has 4 nitrogen and oxygen atoms in total. The molecule has 3 fully saturated rings. The van der Waals surface area contributed by atoms with Crippen LogP contribution >= 0.6 is 7.82 Å². The van der Waals surface area contributed by atoms with E-state index in [0.717, 1.165) is 12.8 Å². The van der Waals surface area contributed by atoms with Gasteiger partial charge in [0.1, 0.15) is 0 Å². The SMILES string of the molecule is CCCCCCC12OP(=O)(O1)O2. The Labute approximate surface area is 71.8 Å². The van der Waals surface area contributed by atoms with Gasteiger partial charge >= 0.3 is 13.8 Å². The van der Waals surface area contributed by atoms with Crippen molar-refractivity contribution in [2.75, 3.05) is 0 Å². The van der Waals surface area contributed by atoms with Gasteiger partial charge in [0.15, 0.2) is 0 Å². The first-order valence-electron chi connectivity index (χ1n) is 4.40. The molecule has 0 aromatic rings. The first kappa shape index (κ1) is 8.70. The fourth-order valence-electron chi connectivity index (χ4n) is 1.44. The Hall–Kier alpha value is 0.110. The van der Waals surface area contributed by atoms with Gasteiger partial charge in [-0.05, 0) is 6.42 Å². The lowest BCUT2D eigenvalue weighted by atomic mass is 10.1. The van der Waals surface area contributed by atoms with Crippen LogP contribution in [0.15, 0.2) is 0 Å². The Morgan fingerprint density at radius 2 is 1.83 bits per heavy atom. The van der Waals surface area contributed by atoms with Crippen molar-refractivity contribution in [1.82, 2.24) is 0 Å². The number of hydrogen-bond donors (Lipinski definition) is 0. The molecular formula is C7H13O4P. The minimum atomic E-state index is -2.94. The summed E-state index contributed by atoms with van der Waals surface area (Å²) in [5, 5.41) is 0. The molecule has 12 heavy (non-hydrogen) atoms. The van der Waals surface area contributed by atoms with Gasteiger partial charge in [0, 0.05) is 6.42 Å².